The van der Waals surface area contributed by atoms with Crippen molar-refractivity contribution in [3.05, 3.63) is 0 Å². The molecule has 1 heterocycles. The zero-order chi connectivity index (χ0) is 25.5. The lowest BCUT2D eigenvalue weighted by atomic mass is 10.0. The zero-order valence-electron chi connectivity index (χ0n) is 21.9. The van der Waals surface area contributed by atoms with E-state index in [9.17, 15) is 4.79 Å². The molecule has 8 nitrogen and oxygen atoms in total. The summed E-state index contributed by atoms with van der Waals surface area (Å²) in [5.74, 6) is 1.11. The van der Waals surface area contributed by atoms with E-state index in [-0.39, 0.29) is 5.91 Å². The van der Waals surface area contributed by atoms with Crippen molar-refractivity contribution in [1.82, 2.24) is 10.2 Å². The van der Waals surface area contributed by atoms with Crippen LogP contribution in [0.1, 0.15) is 110 Å². The Morgan fingerprint density at radius 2 is 1.26 bits per heavy atom. The molecule has 1 fully saturated rings. The van der Waals surface area contributed by atoms with Crippen molar-refractivity contribution >= 4 is 13.7 Å². The fraction of sp³-hybridized carbons (Fsp3) is 0.960. The monoisotopic (exact) mass is 508 g/mol. The van der Waals surface area contributed by atoms with Crippen LogP contribution >= 0.6 is 7.82 Å². The van der Waals surface area contributed by atoms with E-state index in [0.29, 0.717) is 6.42 Å². The number of carbonyl (C=O) groups excluding carboxylic acids is 1. The molecule has 1 amide bonds. The molecular formula is C25H53N2O6P. The molecule has 204 valence electrons. The molecule has 1 aliphatic heterocycles. The van der Waals surface area contributed by atoms with Gasteiger partial charge in [-0.3, -0.25) is 9.69 Å². The summed E-state index contributed by atoms with van der Waals surface area (Å²) < 4.78 is 14.2. The minimum absolute atomic E-state index is 0.236. The maximum absolute atomic E-state index is 11.9. The van der Waals surface area contributed by atoms with Gasteiger partial charge < -0.3 is 24.7 Å². The summed E-state index contributed by atoms with van der Waals surface area (Å²) >= 11 is 0. The van der Waals surface area contributed by atoms with Gasteiger partial charge in [0.25, 0.3) is 0 Å². The van der Waals surface area contributed by atoms with Gasteiger partial charge in [0, 0.05) is 26.1 Å². The van der Waals surface area contributed by atoms with Crippen LogP contribution in [0.25, 0.3) is 0 Å². The van der Waals surface area contributed by atoms with E-state index in [1.165, 1.54) is 77.0 Å². The van der Waals surface area contributed by atoms with Crippen LogP contribution in [-0.2, 0) is 14.1 Å². The molecule has 0 atom stereocenters. The Bertz CT molecular complexity index is 501. The Hall–Kier alpha value is -0.500. The SMILES string of the molecule is CC(C)CCCCCCCCCCCCCCC(=O)NCCCN1CCOCC1.O=P(O)(O)O. The standard InChI is InChI=1S/C25H50N2O2.H3O4P/c1-24(2)16-13-11-9-7-5-3-4-6-8-10-12-14-17-25(28)26-18-15-19-27-20-22-29-23-21-27;1-5(2,3)4/h24H,3-23H2,1-2H3,(H,26,28);(H3,1,2,3,4). The molecule has 1 aliphatic rings. The molecule has 0 saturated carbocycles. The summed E-state index contributed by atoms with van der Waals surface area (Å²) in [6, 6.07) is 0. The maximum Gasteiger partial charge on any atom is 0.466 e. The molecule has 0 radical (unpaired) electrons. The quantitative estimate of drug-likeness (QED) is 0.143. The molecule has 4 N–H and O–H groups in total. The van der Waals surface area contributed by atoms with Gasteiger partial charge in [-0.1, -0.05) is 90.9 Å². The van der Waals surface area contributed by atoms with Gasteiger partial charge in [0.05, 0.1) is 13.2 Å². The molecule has 0 aromatic rings. The number of unbranched alkanes of at least 4 members (excludes halogenated alkanes) is 11. The molecule has 1 saturated heterocycles. The number of nitrogens with zero attached hydrogens (tertiary/aromatic N) is 1. The number of carbonyl (C=O) groups is 1. The number of rotatable bonds is 19. The minimum Gasteiger partial charge on any atom is -0.379 e. The van der Waals surface area contributed by atoms with E-state index >= 15 is 0 Å². The first kappa shape index (κ1) is 33.5. The van der Waals surface area contributed by atoms with Crippen molar-refractivity contribution in [2.45, 2.75) is 110 Å². The first-order chi connectivity index (χ1) is 16.2. The van der Waals surface area contributed by atoms with Crippen molar-refractivity contribution in [3.8, 4) is 0 Å². The number of amides is 1. The number of hydrogen-bond acceptors (Lipinski definition) is 4. The Kier molecular flexibility index (Phi) is 22.6. The fourth-order valence-corrected chi connectivity index (χ4v) is 4.05. The lowest BCUT2D eigenvalue weighted by molar-refractivity contribution is -0.121. The van der Waals surface area contributed by atoms with Gasteiger partial charge in [-0.2, -0.15) is 0 Å². The Morgan fingerprint density at radius 3 is 1.74 bits per heavy atom. The predicted octanol–water partition coefficient (Wildman–Crippen LogP) is 5.01. The molecule has 9 heteroatoms. The second-order valence-corrected chi connectivity index (χ2v) is 10.9. The van der Waals surface area contributed by atoms with Crippen LogP contribution in [0.2, 0.25) is 0 Å². The molecule has 0 unspecified atom stereocenters. The molecule has 0 spiro atoms. The number of nitrogens with one attached hydrogen (secondary N) is 1. The summed E-state index contributed by atoms with van der Waals surface area (Å²) in [5, 5.41) is 3.07. The van der Waals surface area contributed by atoms with Crippen LogP contribution in [0.3, 0.4) is 0 Å². The third-order valence-electron chi connectivity index (χ3n) is 6.01. The third-order valence-corrected chi connectivity index (χ3v) is 6.01. The van der Waals surface area contributed by atoms with Gasteiger partial charge in [-0.25, -0.2) is 4.57 Å². The van der Waals surface area contributed by atoms with Crippen molar-refractivity contribution in [2.75, 3.05) is 39.4 Å². The average Bonchev–Trinajstić information content (AvgIpc) is 2.76. The average molecular weight is 509 g/mol. The highest BCUT2D eigenvalue weighted by Crippen LogP contribution is 2.25. The Morgan fingerprint density at radius 1 is 0.824 bits per heavy atom. The Balaban J connectivity index is 0.00000196. The third kappa shape index (κ3) is 29.5. The predicted molar refractivity (Wildman–Crippen MR) is 139 cm³/mol. The zero-order valence-corrected chi connectivity index (χ0v) is 22.8. The van der Waals surface area contributed by atoms with Gasteiger partial charge in [-0.15, -0.1) is 0 Å². The van der Waals surface area contributed by atoms with Crippen LogP contribution in [0.5, 0.6) is 0 Å². The van der Waals surface area contributed by atoms with Crippen LogP contribution < -0.4 is 5.32 Å². The summed E-state index contributed by atoms with van der Waals surface area (Å²) in [4.78, 5) is 35.9. The van der Waals surface area contributed by atoms with Crippen LogP contribution in [0, 0.1) is 5.92 Å². The molecule has 0 aliphatic carbocycles. The van der Waals surface area contributed by atoms with Gasteiger partial charge in [-0.05, 0) is 25.3 Å². The molecule has 34 heavy (non-hydrogen) atoms. The normalized spacial score (nSPS) is 14.6. The first-order valence-corrected chi connectivity index (χ1v) is 15.1. The van der Waals surface area contributed by atoms with Gasteiger partial charge in [0.1, 0.15) is 0 Å². The largest absolute Gasteiger partial charge is 0.466 e. The van der Waals surface area contributed by atoms with Crippen LogP contribution in [-0.4, -0.2) is 64.9 Å². The van der Waals surface area contributed by atoms with Gasteiger partial charge >= 0.3 is 7.82 Å². The van der Waals surface area contributed by atoms with E-state index < -0.39 is 7.82 Å². The van der Waals surface area contributed by atoms with E-state index in [0.717, 1.165) is 58.2 Å². The summed E-state index contributed by atoms with van der Waals surface area (Å²) in [6.07, 6.45) is 19.4. The molecule has 0 aromatic heterocycles. The minimum atomic E-state index is -4.64. The first-order valence-electron chi connectivity index (χ1n) is 13.5. The summed E-state index contributed by atoms with van der Waals surface area (Å²) in [5.41, 5.74) is 0. The summed E-state index contributed by atoms with van der Waals surface area (Å²) in [6.45, 7) is 10.3. The number of hydrogen-bond donors (Lipinski definition) is 4. The second-order valence-electron chi connectivity index (χ2n) is 9.85. The van der Waals surface area contributed by atoms with Crippen molar-refractivity contribution in [1.29, 1.82) is 0 Å². The van der Waals surface area contributed by atoms with Crippen LogP contribution in [0.4, 0.5) is 0 Å². The highest BCUT2D eigenvalue weighted by Gasteiger charge is 2.09. The number of phosphoric acid groups is 1. The van der Waals surface area contributed by atoms with E-state index in [2.05, 4.69) is 24.1 Å². The van der Waals surface area contributed by atoms with Crippen molar-refractivity contribution in [2.24, 2.45) is 5.92 Å². The lowest BCUT2D eigenvalue weighted by Crippen LogP contribution is -2.38. The Labute approximate surface area is 208 Å². The lowest BCUT2D eigenvalue weighted by Gasteiger charge is -2.26. The van der Waals surface area contributed by atoms with E-state index in [1.54, 1.807) is 0 Å². The topological polar surface area (TPSA) is 119 Å². The van der Waals surface area contributed by atoms with Gasteiger partial charge in [0.2, 0.25) is 5.91 Å². The molecular weight excluding hydrogens is 455 g/mol. The van der Waals surface area contributed by atoms with Crippen molar-refractivity contribution < 1.29 is 28.8 Å². The molecule has 0 aromatic carbocycles. The highest BCUT2D eigenvalue weighted by molar-refractivity contribution is 7.45. The summed E-state index contributed by atoms with van der Waals surface area (Å²) in [7, 11) is -4.64. The van der Waals surface area contributed by atoms with Crippen LogP contribution in [0.15, 0.2) is 0 Å². The molecule has 1 rings (SSSR count). The number of ether oxygens (including phenoxy) is 1. The molecule has 0 bridgehead atoms. The van der Waals surface area contributed by atoms with Gasteiger partial charge in [0.15, 0.2) is 0 Å². The second kappa shape index (κ2) is 22.9. The van der Waals surface area contributed by atoms with Crippen molar-refractivity contribution in [3.63, 3.8) is 0 Å². The van der Waals surface area contributed by atoms with E-state index in [4.69, 9.17) is 24.0 Å². The van der Waals surface area contributed by atoms with E-state index in [1.807, 2.05) is 0 Å². The smallest absolute Gasteiger partial charge is 0.379 e. The fourth-order valence-electron chi connectivity index (χ4n) is 4.05. The maximum atomic E-state index is 11.9. The highest BCUT2D eigenvalue weighted by atomic mass is 31.2. The number of morpholine rings is 1.